The summed E-state index contributed by atoms with van der Waals surface area (Å²) in [6.07, 6.45) is 1.26. The first-order chi connectivity index (χ1) is 6.72. The van der Waals surface area contributed by atoms with E-state index in [4.69, 9.17) is 5.11 Å². The molecular formula is C12H18OS. The molecule has 0 saturated carbocycles. The quantitative estimate of drug-likeness (QED) is 0.752. The summed E-state index contributed by atoms with van der Waals surface area (Å²) in [5.41, 5.74) is 0.984. The van der Waals surface area contributed by atoms with Crippen LogP contribution in [0.3, 0.4) is 0 Å². The van der Waals surface area contributed by atoms with E-state index in [0.29, 0.717) is 0 Å². The van der Waals surface area contributed by atoms with Crippen LogP contribution in [-0.2, 0) is 6.61 Å². The average Bonchev–Trinajstić information content (AvgIpc) is 2.18. The van der Waals surface area contributed by atoms with Crippen molar-refractivity contribution in [2.75, 3.05) is 5.75 Å². The van der Waals surface area contributed by atoms with Gasteiger partial charge in [0.05, 0.1) is 6.61 Å². The number of aliphatic hydroxyl groups is 1. The molecule has 1 N–H and O–H groups in total. The molecule has 0 fully saturated rings. The van der Waals surface area contributed by atoms with Crippen LogP contribution in [0, 0.1) is 5.92 Å². The van der Waals surface area contributed by atoms with Gasteiger partial charge in [0, 0.05) is 4.90 Å². The first kappa shape index (κ1) is 11.6. The minimum Gasteiger partial charge on any atom is -0.392 e. The number of hydrogen-bond donors (Lipinski definition) is 1. The topological polar surface area (TPSA) is 20.2 Å². The maximum Gasteiger partial charge on any atom is 0.0681 e. The summed E-state index contributed by atoms with van der Waals surface area (Å²) in [4.78, 5) is 1.29. The van der Waals surface area contributed by atoms with Crippen molar-refractivity contribution in [1.29, 1.82) is 0 Å². The molecule has 0 bridgehead atoms. The Balaban J connectivity index is 2.36. The Morgan fingerprint density at radius 3 is 2.36 bits per heavy atom. The molecule has 0 unspecified atom stereocenters. The highest BCUT2D eigenvalue weighted by Crippen LogP contribution is 2.20. The second kappa shape index (κ2) is 6.10. The van der Waals surface area contributed by atoms with E-state index < -0.39 is 0 Å². The van der Waals surface area contributed by atoms with Crippen LogP contribution in [0.15, 0.2) is 29.2 Å². The second-order valence-corrected chi connectivity index (χ2v) is 5.00. The maximum absolute atomic E-state index is 8.87. The van der Waals surface area contributed by atoms with Crippen molar-refractivity contribution in [3.63, 3.8) is 0 Å². The Hall–Kier alpha value is -0.470. The molecule has 0 spiro atoms. The van der Waals surface area contributed by atoms with Gasteiger partial charge in [-0.3, -0.25) is 0 Å². The van der Waals surface area contributed by atoms with Crippen molar-refractivity contribution in [2.24, 2.45) is 5.92 Å². The monoisotopic (exact) mass is 210 g/mol. The van der Waals surface area contributed by atoms with Crippen molar-refractivity contribution >= 4 is 11.8 Å². The highest BCUT2D eigenvalue weighted by Gasteiger charge is 1.97. The third-order valence-corrected chi connectivity index (χ3v) is 3.12. The molecule has 0 saturated heterocycles. The van der Waals surface area contributed by atoms with E-state index in [-0.39, 0.29) is 6.61 Å². The van der Waals surface area contributed by atoms with E-state index in [1.807, 2.05) is 23.9 Å². The highest BCUT2D eigenvalue weighted by atomic mass is 32.2. The lowest BCUT2D eigenvalue weighted by molar-refractivity contribution is 0.282. The lowest BCUT2D eigenvalue weighted by atomic mass is 10.2. The zero-order chi connectivity index (χ0) is 10.4. The molecule has 0 aliphatic heterocycles. The molecule has 1 aromatic rings. The summed E-state index contributed by atoms with van der Waals surface area (Å²) in [5, 5.41) is 8.87. The predicted octanol–water partition coefficient (Wildman–Crippen LogP) is 3.32. The molecule has 0 radical (unpaired) electrons. The van der Waals surface area contributed by atoms with Crippen molar-refractivity contribution in [1.82, 2.24) is 0 Å². The third kappa shape index (κ3) is 4.16. The molecule has 0 aliphatic carbocycles. The Bertz CT molecular complexity index is 254. The van der Waals surface area contributed by atoms with E-state index in [1.54, 1.807) is 0 Å². The molecule has 1 nitrogen and oxygen atoms in total. The van der Waals surface area contributed by atoms with Gasteiger partial charge in [-0.15, -0.1) is 11.8 Å². The largest absolute Gasteiger partial charge is 0.392 e. The molecule has 1 aromatic carbocycles. The second-order valence-electron chi connectivity index (χ2n) is 3.83. The fourth-order valence-corrected chi connectivity index (χ4v) is 2.26. The van der Waals surface area contributed by atoms with Crippen molar-refractivity contribution in [2.45, 2.75) is 31.8 Å². The Morgan fingerprint density at radius 1 is 1.21 bits per heavy atom. The molecule has 0 heterocycles. The number of hydrogen-bond acceptors (Lipinski definition) is 2. The van der Waals surface area contributed by atoms with E-state index in [9.17, 15) is 0 Å². The number of benzene rings is 1. The zero-order valence-electron chi connectivity index (χ0n) is 8.86. The van der Waals surface area contributed by atoms with Crippen molar-refractivity contribution in [3.05, 3.63) is 29.8 Å². The summed E-state index contributed by atoms with van der Waals surface area (Å²) in [7, 11) is 0. The van der Waals surface area contributed by atoms with Crippen molar-refractivity contribution < 1.29 is 5.11 Å². The predicted molar refractivity (Wildman–Crippen MR) is 62.5 cm³/mol. The zero-order valence-corrected chi connectivity index (χ0v) is 9.68. The lowest BCUT2D eigenvalue weighted by Gasteiger charge is -2.04. The maximum atomic E-state index is 8.87. The molecule has 78 valence electrons. The Kier molecular flexibility index (Phi) is 5.05. The highest BCUT2D eigenvalue weighted by molar-refractivity contribution is 7.99. The fraction of sp³-hybridized carbons (Fsp3) is 0.500. The van der Waals surface area contributed by atoms with Crippen molar-refractivity contribution in [3.8, 4) is 0 Å². The normalized spacial score (nSPS) is 10.9. The summed E-state index contributed by atoms with van der Waals surface area (Å²) < 4.78 is 0. The standard InChI is InChI=1S/C12H18OS/c1-10(2)7-8-14-12-5-3-11(9-13)4-6-12/h3-6,10,13H,7-9H2,1-2H3. The van der Waals surface area contributed by atoms with E-state index in [1.165, 1.54) is 17.1 Å². The van der Waals surface area contributed by atoms with Gasteiger partial charge < -0.3 is 5.11 Å². The summed E-state index contributed by atoms with van der Waals surface area (Å²) in [5.74, 6) is 1.95. The number of aliphatic hydroxyl groups excluding tert-OH is 1. The van der Waals surface area contributed by atoms with Gasteiger partial charge in [0.1, 0.15) is 0 Å². The third-order valence-electron chi connectivity index (χ3n) is 2.07. The summed E-state index contributed by atoms with van der Waals surface area (Å²) in [6.45, 7) is 4.63. The molecule has 1 rings (SSSR count). The molecule has 14 heavy (non-hydrogen) atoms. The fourth-order valence-electron chi connectivity index (χ4n) is 1.10. The van der Waals surface area contributed by atoms with Gasteiger partial charge in [0.15, 0.2) is 0 Å². The Morgan fingerprint density at radius 2 is 1.86 bits per heavy atom. The van der Waals surface area contributed by atoms with Crippen LogP contribution >= 0.6 is 11.8 Å². The van der Waals surface area contributed by atoms with Gasteiger partial charge >= 0.3 is 0 Å². The van der Waals surface area contributed by atoms with Gasteiger partial charge in [-0.2, -0.15) is 0 Å². The van der Waals surface area contributed by atoms with E-state index >= 15 is 0 Å². The lowest BCUT2D eigenvalue weighted by Crippen LogP contribution is -1.89. The van der Waals surface area contributed by atoms with Crippen LogP contribution in [0.5, 0.6) is 0 Å². The first-order valence-electron chi connectivity index (χ1n) is 5.05. The molecule has 0 atom stereocenters. The molecule has 2 heteroatoms. The summed E-state index contributed by atoms with van der Waals surface area (Å²) >= 11 is 1.89. The van der Waals surface area contributed by atoms with E-state index in [2.05, 4.69) is 26.0 Å². The Labute approximate surface area is 90.5 Å². The van der Waals surface area contributed by atoms with Gasteiger partial charge in [0.25, 0.3) is 0 Å². The molecular weight excluding hydrogens is 192 g/mol. The average molecular weight is 210 g/mol. The first-order valence-corrected chi connectivity index (χ1v) is 6.03. The SMILES string of the molecule is CC(C)CCSc1ccc(CO)cc1. The minimum absolute atomic E-state index is 0.136. The van der Waals surface area contributed by atoms with Gasteiger partial charge in [-0.05, 0) is 35.8 Å². The number of rotatable bonds is 5. The van der Waals surface area contributed by atoms with Crippen LogP contribution in [0.2, 0.25) is 0 Å². The van der Waals surface area contributed by atoms with E-state index in [0.717, 1.165) is 11.5 Å². The van der Waals surface area contributed by atoms with Gasteiger partial charge in [-0.1, -0.05) is 26.0 Å². The van der Waals surface area contributed by atoms with Crippen LogP contribution in [-0.4, -0.2) is 10.9 Å². The van der Waals surface area contributed by atoms with Gasteiger partial charge in [-0.25, -0.2) is 0 Å². The molecule has 0 aromatic heterocycles. The molecule has 0 aliphatic rings. The number of thioether (sulfide) groups is 1. The van der Waals surface area contributed by atoms with Crippen LogP contribution in [0.25, 0.3) is 0 Å². The van der Waals surface area contributed by atoms with Crippen LogP contribution in [0.1, 0.15) is 25.8 Å². The summed E-state index contributed by atoms with van der Waals surface area (Å²) in [6, 6.07) is 8.13. The smallest absolute Gasteiger partial charge is 0.0681 e. The van der Waals surface area contributed by atoms with Crippen LogP contribution < -0.4 is 0 Å². The van der Waals surface area contributed by atoms with Crippen LogP contribution in [0.4, 0.5) is 0 Å². The molecule has 0 amide bonds. The minimum atomic E-state index is 0.136. The van der Waals surface area contributed by atoms with Gasteiger partial charge in [0.2, 0.25) is 0 Å².